The van der Waals surface area contributed by atoms with Crippen LogP contribution in [0.15, 0.2) is 0 Å². The van der Waals surface area contributed by atoms with Crippen LogP contribution < -0.4 is 6.15 Å². The first-order valence-electron chi connectivity index (χ1n) is 3.71. The summed E-state index contributed by atoms with van der Waals surface area (Å²) in [6.45, 7) is 4.33. The molecule has 0 radical (unpaired) electrons. The normalized spacial score (nSPS) is 5.26. The van der Waals surface area contributed by atoms with Crippen molar-refractivity contribution < 1.29 is 62.1 Å². The van der Waals surface area contributed by atoms with Gasteiger partial charge in [-0.25, -0.2) is 0 Å². The molecule has 11 heteroatoms. The number of aliphatic carboxylic acids is 4. The average molecular weight is 331 g/mol. The molecule has 0 aromatic rings. The zero-order valence-electron chi connectivity index (χ0n) is 11.0. The number of rotatable bonds is 0. The van der Waals surface area contributed by atoms with Gasteiger partial charge in [0, 0.05) is 44.8 Å². The van der Waals surface area contributed by atoms with Gasteiger partial charge >= 0.3 is 0 Å². The van der Waals surface area contributed by atoms with Gasteiger partial charge in [-0.05, 0) is 0 Å². The van der Waals surface area contributed by atoms with Crippen LogP contribution in [0, 0.1) is 0 Å². The van der Waals surface area contributed by atoms with Crippen LogP contribution in [0.1, 0.15) is 27.7 Å². The zero-order chi connectivity index (χ0) is 14.3. The third-order valence-corrected chi connectivity index (χ3v) is 0. The molecule has 120 valence electrons. The van der Waals surface area contributed by atoms with Crippen LogP contribution in [0.4, 0.5) is 0 Å². The molecular weight excluding hydrogens is 310 g/mol. The fourth-order valence-corrected chi connectivity index (χ4v) is 0. The Labute approximate surface area is 120 Å². The molecule has 0 rings (SSSR count). The van der Waals surface area contributed by atoms with Crippen molar-refractivity contribution in [2.75, 3.05) is 0 Å². The minimum absolute atomic E-state index is 0. The number of carboxylic acid groups (broad SMARTS) is 4. The number of hydrogen-bond donors (Lipinski definition) is 5. The average Bonchev–Trinajstić information content (AvgIpc) is 1.76. The fraction of sp³-hybridized carbons (Fsp3) is 0.500. The SMILES string of the molecule is CC(=O)O.CC(=O)O.CC(=O)O.CC(=O)O.N.O.[Fe]. The van der Waals surface area contributed by atoms with Crippen LogP contribution >= 0.6 is 0 Å². The topological polar surface area (TPSA) is 216 Å². The molecule has 0 spiro atoms. The second kappa shape index (κ2) is 36.0. The van der Waals surface area contributed by atoms with Gasteiger partial charge in [0.25, 0.3) is 23.9 Å². The predicted molar refractivity (Wildman–Crippen MR) is 61.9 cm³/mol. The smallest absolute Gasteiger partial charge is 0.300 e. The van der Waals surface area contributed by atoms with Crippen molar-refractivity contribution in [1.29, 1.82) is 0 Å². The molecular formula is C8H21FeNO9. The number of hydrogen-bond acceptors (Lipinski definition) is 5. The van der Waals surface area contributed by atoms with Crippen molar-refractivity contribution >= 4 is 23.9 Å². The van der Waals surface area contributed by atoms with E-state index >= 15 is 0 Å². The molecule has 0 aliphatic heterocycles. The Morgan fingerprint density at radius 2 is 0.579 bits per heavy atom. The summed E-state index contributed by atoms with van der Waals surface area (Å²) in [5, 5.41) is 29.7. The molecule has 10 nitrogen and oxygen atoms in total. The fourth-order valence-electron chi connectivity index (χ4n) is 0. The van der Waals surface area contributed by atoms with Gasteiger partial charge in [-0.2, -0.15) is 0 Å². The van der Waals surface area contributed by atoms with Gasteiger partial charge in [0.15, 0.2) is 0 Å². The van der Waals surface area contributed by atoms with Crippen molar-refractivity contribution in [3.63, 3.8) is 0 Å². The summed E-state index contributed by atoms with van der Waals surface area (Å²) < 4.78 is 0. The van der Waals surface area contributed by atoms with Crippen molar-refractivity contribution in [2.45, 2.75) is 27.7 Å². The van der Waals surface area contributed by atoms with E-state index < -0.39 is 23.9 Å². The van der Waals surface area contributed by atoms with E-state index in [1.54, 1.807) is 0 Å². The van der Waals surface area contributed by atoms with E-state index in [1.807, 2.05) is 0 Å². The molecule has 0 bridgehead atoms. The van der Waals surface area contributed by atoms with Crippen LogP contribution in [0.3, 0.4) is 0 Å². The summed E-state index contributed by atoms with van der Waals surface area (Å²) in [4.78, 5) is 36.0. The second-order valence-corrected chi connectivity index (χ2v) is 2.08. The maximum absolute atomic E-state index is 9.00. The summed E-state index contributed by atoms with van der Waals surface area (Å²) in [6, 6.07) is 0. The summed E-state index contributed by atoms with van der Waals surface area (Å²) >= 11 is 0. The minimum atomic E-state index is -0.833. The van der Waals surface area contributed by atoms with E-state index in [0.29, 0.717) is 0 Å². The van der Waals surface area contributed by atoms with E-state index in [4.69, 9.17) is 39.6 Å². The van der Waals surface area contributed by atoms with Gasteiger partial charge in [0.2, 0.25) is 0 Å². The first-order valence-corrected chi connectivity index (χ1v) is 3.71. The van der Waals surface area contributed by atoms with Gasteiger partial charge in [-0.3, -0.25) is 19.2 Å². The Bertz CT molecular complexity index is 168. The summed E-state index contributed by atoms with van der Waals surface area (Å²) in [5.41, 5.74) is 0. The maximum Gasteiger partial charge on any atom is 0.300 e. The number of carboxylic acids is 4. The molecule has 0 aromatic carbocycles. The van der Waals surface area contributed by atoms with Gasteiger partial charge in [0.05, 0.1) is 0 Å². The Morgan fingerprint density at radius 1 is 0.579 bits per heavy atom. The monoisotopic (exact) mass is 331 g/mol. The molecule has 0 aliphatic rings. The summed E-state index contributed by atoms with van der Waals surface area (Å²) in [5.74, 6) is -3.33. The molecule has 0 saturated heterocycles. The Balaban J connectivity index is -0.0000000192. The molecule has 0 aromatic heterocycles. The molecule has 0 saturated carbocycles. The van der Waals surface area contributed by atoms with E-state index in [-0.39, 0.29) is 28.7 Å². The molecule has 0 aliphatic carbocycles. The van der Waals surface area contributed by atoms with Crippen LogP contribution in [0.25, 0.3) is 0 Å². The molecule has 0 atom stereocenters. The Morgan fingerprint density at radius 3 is 0.579 bits per heavy atom. The predicted octanol–water partition coefficient (Wildman–Crippen LogP) is -0.302. The van der Waals surface area contributed by atoms with Crippen molar-refractivity contribution in [1.82, 2.24) is 6.15 Å². The van der Waals surface area contributed by atoms with E-state index in [2.05, 4.69) is 0 Å². The van der Waals surface area contributed by atoms with E-state index in [9.17, 15) is 0 Å². The third kappa shape index (κ3) is 1180. The largest absolute Gasteiger partial charge is 0.481 e. The molecule has 0 amide bonds. The Kier molecular flexibility index (Phi) is 82.0. The molecule has 0 fully saturated rings. The maximum atomic E-state index is 9.00. The minimum Gasteiger partial charge on any atom is -0.481 e. The van der Waals surface area contributed by atoms with Crippen molar-refractivity contribution in [3.8, 4) is 0 Å². The number of carbonyl (C=O) groups is 4. The molecule has 9 N–H and O–H groups in total. The van der Waals surface area contributed by atoms with Crippen LogP contribution in [0.2, 0.25) is 0 Å². The van der Waals surface area contributed by atoms with E-state index in [1.165, 1.54) is 0 Å². The summed E-state index contributed by atoms with van der Waals surface area (Å²) in [6.07, 6.45) is 0. The first kappa shape index (κ1) is 43.3. The zero-order valence-corrected chi connectivity index (χ0v) is 12.1. The summed E-state index contributed by atoms with van der Waals surface area (Å²) in [7, 11) is 0. The van der Waals surface area contributed by atoms with Gasteiger partial charge < -0.3 is 32.1 Å². The quantitative estimate of drug-likeness (QED) is 0.367. The van der Waals surface area contributed by atoms with Crippen molar-refractivity contribution in [2.24, 2.45) is 0 Å². The van der Waals surface area contributed by atoms with E-state index in [0.717, 1.165) is 27.7 Å². The van der Waals surface area contributed by atoms with Crippen LogP contribution in [-0.4, -0.2) is 49.8 Å². The second-order valence-electron chi connectivity index (χ2n) is 2.08. The van der Waals surface area contributed by atoms with Gasteiger partial charge in [-0.15, -0.1) is 0 Å². The van der Waals surface area contributed by atoms with Gasteiger partial charge in [0.1, 0.15) is 0 Å². The Hall–Kier alpha value is -1.68. The van der Waals surface area contributed by atoms with Crippen molar-refractivity contribution in [3.05, 3.63) is 0 Å². The first-order chi connectivity index (χ1) is 6.93. The standard InChI is InChI=1S/4C2H4O2.Fe.H3N.H2O/c4*1-2(3)4;;;/h4*1H3,(H,3,4);;1H3;1H2. The molecule has 0 heterocycles. The third-order valence-electron chi connectivity index (χ3n) is 0. The molecule has 19 heavy (non-hydrogen) atoms. The van der Waals surface area contributed by atoms with Crippen LogP contribution in [0.5, 0.6) is 0 Å². The van der Waals surface area contributed by atoms with Crippen LogP contribution in [-0.2, 0) is 36.2 Å². The molecule has 0 unspecified atom stereocenters. The van der Waals surface area contributed by atoms with Gasteiger partial charge in [-0.1, -0.05) is 0 Å².